The second kappa shape index (κ2) is 7.22. The Balaban J connectivity index is 1.80. The molecule has 0 saturated heterocycles. The van der Waals surface area contributed by atoms with Crippen molar-refractivity contribution < 1.29 is 23.1 Å². The molecule has 2 fully saturated rings. The standard InChI is InChI=1S/C23H30F3N3O2/c1-21(2,13-8-9-13)12-18(30)27-20-28-19-16(23(24,25)26)10-14(22(3,4)31)11-17(19)29(20)15-6-5-7-15/h10-11,13,15,31H,5-9,12H2,1-4H3,(H,27,28,30). The minimum Gasteiger partial charge on any atom is -0.386 e. The highest BCUT2D eigenvalue weighted by Gasteiger charge is 2.40. The Morgan fingerprint density at radius 1 is 1.16 bits per heavy atom. The summed E-state index contributed by atoms with van der Waals surface area (Å²) < 4.78 is 43.4. The van der Waals surface area contributed by atoms with Gasteiger partial charge in [0.2, 0.25) is 11.9 Å². The monoisotopic (exact) mass is 437 g/mol. The normalized spacial score (nSPS) is 18.3. The summed E-state index contributed by atoms with van der Waals surface area (Å²) >= 11 is 0. The number of amides is 1. The molecule has 0 radical (unpaired) electrons. The van der Waals surface area contributed by atoms with Crippen LogP contribution in [0.5, 0.6) is 0 Å². The molecule has 5 nitrogen and oxygen atoms in total. The molecule has 1 aromatic heterocycles. The molecule has 0 atom stereocenters. The number of benzene rings is 1. The zero-order valence-electron chi connectivity index (χ0n) is 18.4. The number of nitrogens with one attached hydrogen (secondary N) is 1. The van der Waals surface area contributed by atoms with Gasteiger partial charge >= 0.3 is 6.18 Å². The van der Waals surface area contributed by atoms with Crippen LogP contribution in [0, 0.1) is 11.3 Å². The molecule has 0 unspecified atom stereocenters. The largest absolute Gasteiger partial charge is 0.418 e. The van der Waals surface area contributed by atoms with Gasteiger partial charge in [-0.25, -0.2) is 4.98 Å². The van der Waals surface area contributed by atoms with Crippen LogP contribution in [0.2, 0.25) is 0 Å². The second-order valence-electron chi connectivity index (χ2n) is 10.3. The molecule has 1 heterocycles. The number of imidazole rings is 1. The van der Waals surface area contributed by atoms with Crippen molar-refractivity contribution >= 4 is 22.9 Å². The molecule has 31 heavy (non-hydrogen) atoms. The smallest absolute Gasteiger partial charge is 0.386 e. The van der Waals surface area contributed by atoms with E-state index >= 15 is 0 Å². The van der Waals surface area contributed by atoms with Gasteiger partial charge in [-0.1, -0.05) is 13.8 Å². The van der Waals surface area contributed by atoms with Gasteiger partial charge in [-0.3, -0.25) is 10.1 Å². The summed E-state index contributed by atoms with van der Waals surface area (Å²) in [5, 5.41) is 13.2. The van der Waals surface area contributed by atoms with Crippen molar-refractivity contribution in [3.8, 4) is 0 Å². The van der Waals surface area contributed by atoms with Crippen molar-refractivity contribution in [1.29, 1.82) is 0 Å². The van der Waals surface area contributed by atoms with Gasteiger partial charge in [0.05, 0.1) is 16.7 Å². The molecule has 2 saturated carbocycles. The lowest BCUT2D eigenvalue weighted by Crippen LogP contribution is -2.26. The maximum absolute atomic E-state index is 13.9. The van der Waals surface area contributed by atoms with Crippen LogP contribution in [0.3, 0.4) is 0 Å². The Morgan fingerprint density at radius 3 is 2.29 bits per heavy atom. The minimum atomic E-state index is -4.63. The number of carbonyl (C=O) groups is 1. The van der Waals surface area contributed by atoms with E-state index in [0.29, 0.717) is 17.9 Å². The Labute approximate surface area is 180 Å². The molecule has 8 heteroatoms. The topological polar surface area (TPSA) is 67.2 Å². The van der Waals surface area contributed by atoms with Crippen LogP contribution in [0.1, 0.15) is 83.4 Å². The summed E-state index contributed by atoms with van der Waals surface area (Å²) in [6, 6.07) is 2.51. The van der Waals surface area contributed by atoms with Gasteiger partial charge in [-0.2, -0.15) is 13.2 Å². The van der Waals surface area contributed by atoms with Crippen molar-refractivity contribution in [1.82, 2.24) is 9.55 Å². The number of fused-ring (bicyclic) bond motifs is 1. The molecule has 170 valence electrons. The number of hydrogen-bond donors (Lipinski definition) is 2. The Morgan fingerprint density at radius 2 is 1.81 bits per heavy atom. The number of anilines is 1. The van der Waals surface area contributed by atoms with E-state index in [-0.39, 0.29) is 34.4 Å². The van der Waals surface area contributed by atoms with Crippen molar-refractivity contribution in [2.75, 3.05) is 5.32 Å². The van der Waals surface area contributed by atoms with Crippen LogP contribution in [0.4, 0.5) is 19.1 Å². The average Bonchev–Trinajstić information content (AvgIpc) is 3.36. The first-order chi connectivity index (χ1) is 14.3. The number of aromatic nitrogens is 2. The predicted octanol–water partition coefficient (Wildman–Crippen LogP) is 5.77. The zero-order chi connectivity index (χ0) is 22.8. The lowest BCUT2D eigenvalue weighted by atomic mass is 9.83. The number of halogens is 3. The summed E-state index contributed by atoms with van der Waals surface area (Å²) in [4.78, 5) is 17.1. The van der Waals surface area contributed by atoms with E-state index < -0.39 is 17.3 Å². The third-order valence-electron chi connectivity index (χ3n) is 6.80. The fourth-order valence-corrected chi connectivity index (χ4v) is 4.46. The molecule has 0 aliphatic heterocycles. The van der Waals surface area contributed by atoms with Crippen LogP contribution >= 0.6 is 0 Å². The maximum atomic E-state index is 13.9. The number of alkyl halides is 3. The first-order valence-corrected chi connectivity index (χ1v) is 10.9. The number of aliphatic hydroxyl groups is 1. The van der Waals surface area contributed by atoms with Crippen molar-refractivity contribution in [3.63, 3.8) is 0 Å². The number of nitrogens with zero attached hydrogens (tertiary/aromatic N) is 2. The lowest BCUT2D eigenvalue weighted by Gasteiger charge is -2.30. The van der Waals surface area contributed by atoms with Gasteiger partial charge in [0.1, 0.15) is 5.52 Å². The van der Waals surface area contributed by atoms with Crippen molar-refractivity contribution in [2.45, 2.75) is 84.0 Å². The molecule has 0 spiro atoms. The van der Waals surface area contributed by atoms with Gasteiger partial charge in [-0.15, -0.1) is 0 Å². The summed E-state index contributed by atoms with van der Waals surface area (Å²) in [6.45, 7) is 7.02. The van der Waals surface area contributed by atoms with Gasteiger partial charge in [0.15, 0.2) is 0 Å². The van der Waals surface area contributed by atoms with E-state index in [0.717, 1.165) is 38.2 Å². The second-order valence-corrected chi connectivity index (χ2v) is 10.3. The van der Waals surface area contributed by atoms with Crippen molar-refractivity contribution in [2.24, 2.45) is 11.3 Å². The maximum Gasteiger partial charge on any atom is 0.418 e. The average molecular weight is 438 g/mol. The highest BCUT2D eigenvalue weighted by Crippen LogP contribution is 2.47. The number of carbonyl (C=O) groups excluding carboxylic acids is 1. The first-order valence-electron chi connectivity index (χ1n) is 10.9. The quantitative estimate of drug-likeness (QED) is 0.603. The molecule has 1 aromatic carbocycles. The van der Waals surface area contributed by atoms with Gasteiger partial charge in [0.25, 0.3) is 0 Å². The summed E-state index contributed by atoms with van der Waals surface area (Å²) in [5.74, 6) is 0.439. The number of rotatable bonds is 6. The van der Waals surface area contributed by atoms with Crippen LogP contribution in [-0.2, 0) is 16.6 Å². The molecular weight excluding hydrogens is 407 g/mol. The first kappa shape index (κ1) is 22.1. The summed E-state index contributed by atoms with van der Waals surface area (Å²) in [7, 11) is 0. The van der Waals surface area contributed by atoms with E-state index in [9.17, 15) is 23.1 Å². The predicted molar refractivity (Wildman–Crippen MR) is 113 cm³/mol. The summed E-state index contributed by atoms with van der Waals surface area (Å²) in [5.41, 5.74) is -2.21. The fraction of sp³-hybridized carbons (Fsp3) is 0.652. The van der Waals surface area contributed by atoms with Crippen LogP contribution in [0.15, 0.2) is 12.1 Å². The third kappa shape index (κ3) is 4.31. The van der Waals surface area contributed by atoms with Gasteiger partial charge in [0, 0.05) is 12.5 Å². The van der Waals surface area contributed by atoms with E-state index in [1.165, 1.54) is 13.8 Å². The molecular formula is C23H30F3N3O2. The van der Waals surface area contributed by atoms with Crippen LogP contribution in [0.25, 0.3) is 11.0 Å². The van der Waals surface area contributed by atoms with E-state index in [1.807, 2.05) is 0 Å². The van der Waals surface area contributed by atoms with Gasteiger partial charge < -0.3 is 9.67 Å². The highest BCUT2D eigenvalue weighted by molar-refractivity contribution is 5.93. The molecule has 0 bridgehead atoms. The fourth-order valence-electron chi connectivity index (χ4n) is 4.46. The molecule has 2 N–H and O–H groups in total. The number of hydrogen-bond acceptors (Lipinski definition) is 3. The molecule has 2 aromatic rings. The molecule has 2 aliphatic rings. The van der Waals surface area contributed by atoms with E-state index in [2.05, 4.69) is 24.1 Å². The molecule has 1 amide bonds. The van der Waals surface area contributed by atoms with Crippen LogP contribution < -0.4 is 5.32 Å². The van der Waals surface area contributed by atoms with Crippen molar-refractivity contribution in [3.05, 3.63) is 23.3 Å². The zero-order valence-corrected chi connectivity index (χ0v) is 18.4. The third-order valence-corrected chi connectivity index (χ3v) is 6.80. The highest BCUT2D eigenvalue weighted by atomic mass is 19.4. The minimum absolute atomic E-state index is 0.0186. The summed E-state index contributed by atoms with van der Waals surface area (Å²) in [6.07, 6.45) is 0.487. The SMILES string of the molecule is CC(C)(O)c1cc(C(F)(F)F)c2nc(NC(=O)CC(C)(C)C3CC3)n(C3CCC3)c2c1. The molecule has 4 rings (SSSR count). The van der Waals surface area contributed by atoms with E-state index in [1.54, 1.807) is 10.6 Å². The lowest BCUT2D eigenvalue weighted by molar-refractivity contribution is -0.136. The Hall–Kier alpha value is -2.09. The Kier molecular flexibility index (Phi) is 5.15. The molecule has 2 aliphatic carbocycles. The van der Waals surface area contributed by atoms with Crippen LogP contribution in [-0.4, -0.2) is 20.6 Å². The van der Waals surface area contributed by atoms with E-state index in [4.69, 9.17) is 0 Å². The van der Waals surface area contributed by atoms with Gasteiger partial charge in [-0.05, 0) is 75.0 Å². The Bertz CT molecular complexity index is 1010.